The maximum atomic E-state index is 13.6. The molecule has 0 bridgehead atoms. The van der Waals surface area contributed by atoms with Crippen molar-refractivity contribution in [3.05, 3.63) is 57.3 Å². The molecule has 0 aliphatic heterocycles. The minimum absolute atomic E-state index is 0.140. The second kappa shape index (κ2) is 7.07. The van der Waals surface area contributed by atoms with Crippen LogP contribution in [0.5, 0.6) is 11.5 Å². The molecule has 0 unspecified atom stereocenters. The van der Waals surface area contributed by atoms with Crippen LogP contribution in [0, 0.1) is 5.82 Å². The van der Waals surface area contributed by atoms with E-state index < -0.39 is 5.82 Å². The summed E-state index contributed by atoms with van der Waals surface area (Å²) in [4.78, 5) is 0. The first-order valence-corrected chi connectivity index (χ1v) is 7.39. The van der Waals surface area contributed by atoms with E-state index in [1.165, 1.54) is 6.07 Å². The van der Waals surface area contributed by atoms with Crippen molar-refractivity contribution in [2.24, 2.45) is 0 Å². The molecule has 2 aromatic rings. The van der Waals surface area contributed by atoms with Gasteiger partial charge in [0.25, 0.3) is 0 Å². The average Bonchev–Trinajstić information content (AvgIpc) is 2.43. The maximum absolute atomic E-state index is 13.6. The van der Waals surface area contributed by atoms with Crippen molar-refractivity contribution in [1.29, 1.82) is 0 Å². The van der Waals surface area contributed by atoms with E-state index in [1.807, 2.05) is 19.1 Å². The molecule has 0 aromatic heterocycles. The monoisotopic (exact) mass is 357 g/mol. The lowest BCUT2D eigenvalue weighted by atomic mass is 10.2. The second-order valence-electron chi connectivity index (χ2n) is 4.22. The summed E-state index contributed by atoms with van der Waals surface area (Å²) >= 11 is 9.44. The van der Waals surface area contributed by atoms with Crippen molar-refractivity contribution < 1.29 is 9.13 Å². The lowest BCUT2D eigenvalue weighted by Crippen LogP contribution is -2.11. The van der Waals surface area contributed by atoms with Crippen LogP contribution in [0.3, 0.4) is 0 Å². The van der Waals surface area contributed by atoms with Crippen LogP contribution in [-0.2, 0) is 6.54 Å². The molecule has 0 aliphatic carbocycles. The van der Waals surface area contributed by atoms with Crippen LogP contribution in [0.2, 0.25) is 5.02 Å². The Hall–Kier alpha value is -1.10. The van der Waals surface area contributed by atoms with Crippen molar-refractivity contribution >= 4 is 27.5 Å². The standard InChI is InChI=1S/C15H14BrClFNO/c1-2-19-9-10-3-6-14(12(17)7-10)20-15-8-11(16)4-5-13(15)18/h3-8,19H,2,9H2,1H3. The van der Waals surface area contributed by atoms with Gasteiger partial charge in [0.15, 0.2) is 11.6 Å². The van der Waals surface area contributed by atoms with Crippen molar-refractivity contribution in [3.8, 4) is 11.5 Å². The first-order chi connectivity index (χ1) is 9.60. The highest BCUT2D eigenvalue weighted by molar-refractivity contribution is 9.10. The molecule has 0 spiro atoms. The van der Waals surface area contributed by atoms with Gasteiger partial charge in [-0.15, -0.1) is 0 Å². The van der Waals surface area contributed by atoms with Gasteiger partial charge in [-0.05, 0) is 42.4 Å². The van der Waals surface area contributed by atoms with Gasteiger partial charge in [-0.3, -0.25) is 0 Å². The Bertz CT molecular complexity index is 606. The Labute approximate surface area is 131 Å². The maximum Gasteiger partial charge on any atom is 0.165 e. The molecule has 0 radical (unpaired) electrons. The van der Waals surface area contributed by atoms with E-state index in [2.05, 4.69) is 21.2 Å². The third-order valence-electron chi connectivity index (χ3n) is 2.69. The predicted molar refractivity (Wildman–Crippen MR) is 83.0 cm³/mol. The molecule has 2 rings (SSSR count). The predicted octanol–water partition coefficient (Wildman–Crippen LogP) is 5.14. The van der Waals surface area contributed by atoms with Crippen molar-refractivity contribution in [2.45, 2.75) is 13.5 Å². The third kappa shape index (κ3) is 3.95. The smallest absolute Gasteiger partial charge is 0.165 e. The quantitative estimate of drug-likeness (QED) is 0.798. The van der Waals surface area contributed by atoms with E-state index in [1.54, 1.807) is 18.2 Å². The molecule has 0 amide bonds. The fourth-order valence-electron chi connectivity index (χ4n) is 1.68. The molecule has 0 saturated carbocycles. The topological polar surface area (TPSA) is 21.3 Å². The van der Waals surface area contributed by atoms with Crippen LogP contribution in [-0.4, -0.2) is 6.54 Å². The highest BCUT2D eigenvalue weighted by atomic mass is 79.9. The molecule has 2 aromatic carbocycles. The number of rotatable bonds is 5. The van der Waals surface area contributed by atoms with Gasteiger partial charge < -0.3 is 10.1 Å². The summed E-state index contributed by atoms with van der Waals surface area (Å²) in [5.41, 5.74) is 1.05. The Balaban J connectivity index is 2.19. The minimum atomic E-state index is -0.430. The minimum Gasteiger partial charge on any atom is -0.453 e. The van der Waals surface area contributed by atoms with E-state index in [0.29, 0.717) is 10.8 Å². The molecule has 0 heterocycles. The summed E-state index contributed by atoms with van der Waals surface area (Å²) in [5, 5.41) is 3.67. The number of hydrogen-bond donors (Lipinski definition) is 1. The van der Waals surface area contributed by atoms with Gasteiger partial charge in [0.05, 0.1) is 5.02 Å². The van der Waals surface area contributed by atoms with Crippen LogP contribution < -0.4 is 10.1 Å². The molecule has 2 nitrogen and oxygen atoms in total. The van der Waals surface area contributed by atoms with Gasteiger partial charge in [-0.1, -0.05) is 40.5 Å². The summed E-state index contributed by atoms with van der Waals surface area (Å²) < 4.78 is 19.9. The van der Waals surface area contributed by atoms with Crippen LogP contribution in [0.4, 0.5) is 4.39 Å². The Morgan fingerprint density at radius 3 is 2.70 bits per heavy atom. The van der Waals surface area contributed by atoms with E-state index in [4.69, 9.17) is 16.3 Å². The van der Waals surface area contributed by atoms with Gasteiger partial charge in [-0.2, -0.15) is 0 Å². The van der Waals surface area contributed by atoms with Crippen molar-refractivity contribution in [3.63, 3.8) is 0 Å². The average molecular weight is 359 g/mol. The fourth-order valence-corrected chi connectivity index (χ4v) is 2.26. The van der Waals surface area contributed by atoms with E-state index >= 15 is 0 Å². The first-order valence-electron chi connectivity index (χ1n) is 6.22. The van der Waals surface area contributed by atoms with Gasteiger partial charge >= 0.3 is 0 Å². The number of ether oxygens (including phenoxy) is 1. The van der Waals surface area contributed by atoms with E-state index in [-0.39, 0.29) is 5.75 Å². The van der Waals surface area contributed by atoms with Crippen molar-refractivity contribution in [1.82, 2.24) is 5.32 Å². The molecular weight excluding hydrogens is 345 g/mol. The Morgan fingerprint density at radius 2 is 2.00 bits per heavy atom. The summed E-state index contributed by atoms with van der Waals surface area (Å²) in [5.74, 6) is 0.144. The summed E-state index contributed by atoms with van der Waals surface area (Å²) in [7, 11) is 0. The van der Waals surface area contributed by atoms with Crippen molar-refractivity contribution in [2.75, 3.05) is 6.54 Å². The normalized spacial score (nSPS) is 10.6. The molecule has 20 heavy (non-hydrogen) atoms. The lowest BCUT2D eigenvalue weighted by molar-refractivity contribution is 0.442. The molecule has 0 fully saturated rings. The molecule has 106 valence electrons. The zero-order valence-electron chi connectivity index (χ0n) is 10.9. The summed E-state index contributed by atoms with van der Waals surface area (Å²) in [6, 6.07) is 9.99. The first kappa shape index (κ1) is 15.3. The number of hydrogen-bond acceptors (Lipinski definition) is 2. The van der Waals surface area contributed by atoms with Crippen LogP contribution >= 0.6 is 27.5 Å². The number of benzene rings is 2. The molecule has 0 saturated heterocycles. The van der Waals surface area contributed by atoms with Gasteiger partial charge in [0, 0.05) is 11.0 Å². The molecular formula is C15H14BrClFNO. The number of halogens is 3. The SMILES string of the molecule is CCNCc1ccc(Oc2cc(Br)ccc2F)c(Cl)c1. The largest absolute Gasteiger partial charge is 0.453 e. The van der Waals surface area contributed by atoms with E-state index in [9.17, 15) is 4.39 Å². The Kier molecular flexibility index (Phi) is 5.40. The van der Waals surface area contributed by atoms with Gasteiger partial charge in [-0.25, -0.2) is 4.39 Å². The van der Waals surface area contributed by atoms with Crippen LogP contribution in [0.25, 0.3) is 0 Å². The zero-order chi connectivity index (χ0) is 14.5. The van der Waals surface area contributed by atoms with Crippen LogP contribution in [0.1, 0.15) is 12.5 Å². The molecule has 5 heteroatoms. The van der Waals surface area contributed by atoms with Gasteiger partial charge in [0.2, 0.25) is 0 Å². The summed E-state index contributed by atoms with van der Waals surface area (Å²) in [6.45, 7) is 3.66. The summed E-state index contributed by atoms with van der Waals surface area (Å²) in [6.07, 6.45) is 0. The highest BCUT2D eigenvalue weighted by Gasteiger charge is 2.09. The third-order valence-corrected chi connectivity index (χ3v) is 3.48. The molecule has 1 N–H and O–H groups in total. The van der Waals surface area contributed by atoms with E-state index in [0.717, 1.165) is 23.1 Å². The lowest BCUT2D eigenvalue weighted by Gasteiger charge is -2.10. The Morgan fingerprint density at radius 1 is 1.20 bits per heavy atom. The van der Waals surface area contributed by atoms with Gasteiger partial charge in [0.1, 0.15) is 5.75 Å². The number of nitrogens with one attached hydrogen (secondary N) is 1. The molecule has 0 aliphatic rings. The molecule has 0 atom stereocenters. The second-order valence-corrected chi connectivity index (χ2v) is 5.54. The van der Waals surface area contributed by atoms with Crippen LogP contribution in [0.15, 0.2) is 40.9 Å². The zero-order valence-corrected chi connectivity index (χ0v) is 13.3. The fraction of sp³-hybridized carbons (Fsp3) is 0.200. The highest BCUT2D eigenvalue weighted by Crippen LogP contribution is 2.32.